The second-order valence-corrected chi connectivity index (χ2v) is 12.5. The third kappa shape index (κ3) is 7.60. The third-order valence-corrected chi connectivity index (χ3v) is 9.51. The Bertz CT molecular complexity index is 1410. The van der Waals surface area contributed by atoms with Crippen molar-refractivity contribution in [2.75, 3.05) is 20.3 Å². The summed E-state index contributed by atoms with van der Waals surface area (Å²) >= 11 is 0. The van der Waals surface area contributed by atoms with Gasteiger partial charge in [0.25, 0.3) is 0 Å². The first-order valence-electron chi connectivity index (χ1n) is 15.9. The Balaban J connectivity index is 1.24. The number of carboxylic acid groups (broad SMARTS) is 1. The molecule has 5 rings (SSSR count). The summed E-state index contributed by atoms with van der Waals surface area (Å²) in [4.78, 5) is 25.0. The Hall–Kier alpha value is -3.40. The Kier molecular flexibility index (Phi) is 12.0. The van der Waals surface area contributed by atoms with Crippen LogP contribution in [0.4, 0.5) is 0 Å². The van der Waals surface area contributed by atoms with E-state index < -0.39 is 117 Å². The minimum Gasteiger partial charge on any atom is -0.493 e. The molecule has 1 aromatic carbocycles. The number of rotatable bonds is 11. The molecule has 4 aliphatic rings. The number of aliphatic carboxylic acids is 1. The topological polar surface area (TPSA) is 281 Å². The number of hydrogen-bond acceptors (Lipinski definition) is 17. The minimum absolute atomic E-state index is 0.0808. The first-order valence-corrected chi connectivity index (χ1v) is 15.9. The van der Waals surface area contributed by atoms with Gasteiger partial charge < -0.3 is 79.1 Å². The number of carbonyl (C=O) groups excluding carboxylic acids is 1. The maximum Gasteiger partial charge on any atom is 0.334 e. The van der Waals surface area contributed by atoms with Crippen LogP contribution in [0.15, 0.2) is 36.1 Å². The SMILES string of the molecule is COc1cc(/C=C/C(=O)O[C@H]2C[C@@H]3C(C(=O)O)=CO[C@@H](O[C@@H]4O[C@H](CO)[C@@H](O)[C@H](O)[C@H]4O)[C@@H]3[C@H]2C)ccc1O[C@@H]1O[C@H](CO)[C@@H](O)[C@H](O)[C@H]1O. The quantitative estimate of drug-likeness (QED) is 0.0827. The maximum atomic E-state index is 13.0. The van der Waals surface area contributed by atoms with Crippen LogP contribution in [-0.4, -0.2) is 152 Å². The number of aliphatic hydroxyl groups is 8. The molecule has 50 heavy (non-hydrogen) atoms. The van der Waals surface area contributed by atoms with Gasteiger partial charge >= 0.3 is 11.9 Å². The third-order valence-electron chi connectivity index (χ3n) is 9.51. The Labute approximate surface area is 285 Å². The largest absolute Gasteiger partial charge is 0.493 e. The van der Waals surface area contributed by atoms with Crippen LogP contribution in [0.25, 0.3) is 6.08 Å². The van der Waals surface area contributed by atoms with Crippen LogP contribution in [0.5, 0.6) is 11.5 Å². The monoisotopic (exact) mass is 714 g/mol. The van der Waals surface area contributed by atoms with Gasteiger partial charge in [-0.3, -0.25) is 0 Å². The van der Waals surface area contributed by atoms with E-state index in [9.17, 15) is 55.5 Å². The van der Waals surface area contributed by atoms with Crippen molar-refractivity contribution in [3.63, 3.8) is 0 Å². The van der Waals surface area contributed by atoms with Crippen LogP contribution in [-0.2, 0) is 33.3 Å². The molecule has 2 saturated heterocycles. The Morgan fingerprint density at radius 2 is 1.48 bits per heavy atom. The van der Waals surface area contributed by atoms with E-state index in [0.717, 1.165) is 12.3 Å². The molecule has 18 heteroatoms. The molecular weight excluding hydrogens is 672 g/mol. The lowest BCUT2D eigenvalue weighted by Gasteiger charge is -2.43. The van der Waals surface area contributed by atoms with Crippen molar-refractivity contribution in [3.05, 3.63) is 41.7 Å². The summed E-state index contributed by atoms with van der Waals surface area (Å²) in [5.74, 6) is -3.70. The molecule has 18 nitrogen and oxygen atoms in total. The zero-order chi connectivity index (χ0) is 36.4. The lowest BCUT2D eigenvalue weighted by Crippen LogP contribution is -2.60. The van der Waals surface area contributed by atoms with Crippen molar-refractivity contribution in [1.29, 1.82) is 0 Å². The molecule has 0 unspecified atom stereocenters. The van der Waals surface area contributed by atoms with Crippen LogP contribution in [0.3, 0.4) is 0 Å². The summed E-state index contributed by atoms with van der Waals surface area (Å²) < 4.78 is 39.0. The molecule has 15 atom stereocenters. The van der Waals surface area contributed by atoms with E-state index in [1.54, 1.807) is 13.0 Å². The number of carbonyl (C=O) groups is 2. The first-order chi connectivity index (χ1) is 23.8. The zero-order valence-corrected chi connectivity index (χ0v) is 26.9. The molecule has 0 radical (unpaired) electrons. The van der Waals surface area contributed by atoms with Gasteiger partial charge in [0.2, 0.25) is 12.6 Å². The van der Waals surface area contributed by atoms with Gasteiger partial charge in [0.15, 0.2) is 17.8 Å². The molecule has 1 aliphatic carbocycles. The molecule has 3 fully saturated rings. The highest BCUT2D eigenvalue weighted by atomic mass is 16.8. The molecule has 3 aliphatic heterocycles. The van der Waals surface area contributed by atoms with E-state index in [-0.39, 0.29) is 23.5 Å². The smallest absolute Gasteiger partial charge is 0.334 e. The molecular formula is C32H42O18. The average Bonchev–Trinajstić information content (AvgIpc) is 3.43. The number of ether oxygens (including phenoxy) is 7. The molecule has 278 valence electrons. The summed E-state index contributed by atoms with van der Waals surface area (Å²) in [5.41, 5.74) is 0.383. The van der Waals surface area contributed by atoms with Gasteiger partial charge in [0, 0.05) is 23.8 Å². The standard InChI is InChI=1S/C32H42O18/c1-12-17(8-14-15(29(42)43)11-45-30(22(12)14)50-32-28(41)26(39)24(37)20(10-34)49-32)46-21(35)6-4-13-3-5-16(18(7-13)44-2)47-31-27(40)25(38)23(36)19(9-33)48-31/h3-7,11-12,14,17,19-20,22-28,30-34,36-41H,8-10H2,1-2H3,(H,42,43)/b6-4+/t12-,14+,17-,19+,20+,22+,23+,24+,25-,26-,27+,28+,30-,31+,32-/m0/s1. The number of benzene rings is 1. The van der Waals surface area contributed by atoms with Crippen molar-refractivity contribution in [2.45, 2.75) is 87.2 Å². The first kappa shape index (κ1) is 37.8. The van der Waals surface area contributed by atoms with Gasteiger partial charge in [-0.15, -0.1) is 0 Å². The van der Waals surface area contributed by atoms with Crippen molar-refractivity contribution >= 4 is 18.0 Å². The highest BCUT2D eigenvalue weighted by molar-refractivity contribution is 5.88. The van der Waals surface area contributed by atoms with Crippen LogP contribution in [0, 0.1) is 17.8 Å². The highest BCUT2D eigenvalue weighted by Gasteiger charge is 2.54. The van der Waals surface area contributed by atoms with E-state index in [4.69, 9.17) is 33.2 Å². The fourth-order valence-corrected chi connectivity index (χ4v) is 6.65. The van der Waals surface area contributed by atoms with Gasteiger partial charge in [0.05, 0.1) is 32.2 Å². The van der Waals surface area contributed by atoms with Crippen molar-refractivity contribution in [1.82, 2.24) is 0 Å². The number of fused-ring (bicyclic) bond motifs is 1. The highest BCUT2D eigenvalue weighted by Crippen LogP contribution is 2.48. The number of esters is 1. The van der Waals surface area contributed by atoms with Gasteiger partial charge in [-0.05, 0) is 30.2 Å². The fraction of sp³-hybridized carbons (Fsp3) is 0.625. The molecule has 1 saturated carbocycles. The van der Waals surface area contributed by atoms with Crippen molar-refractivity contribution in [2.24, 2.45) is 17.8 Å². The second-order valence-electron chi connectivity index (χ2n) is 12.5. The number of carboxylic acids is 1. The average molecular weight is 715 g/mol. The van der Waals surface area contributed by atoms with Gasteiger partial charge in [0.1, 0.15) is 54.9 Å². The van der Waals surface area contributed by atoms with Crippen molar-refractivity contribution in [3.8, 4) is 11.5 Å². The van der Waals surface area contributed by atoms with Gasteiger partial charge in [-0.2, -0.15) is 0 Å². The predicted molar refractivity (Wildman–Crippen MR) is 163 cm³/mol. The lowest BCUT2D eigenvalue weighted by molar-refractivity contribution is -0.342. The van der Waals surface area contributed by atoms with E-state index >= 15 is 0 Å². The zero-order valence-electron chi connectivity index (χ0n) is 26.9. The van der Waals surface area contributed by atoms with Crippen LogP contribution in [0.2, 0.25) is 0 Å². The summed E-state index contributed by atoms with van der Waals surface area (Å²) in [6, 6.07) is 4.49. The normalized spacial score (nSPS) is 40.0. The minimum atomic E-state index is -1.72. The predicted octanol–water partition coefficient (Wildman–Crippen LogP) is -2.79. The van der Waals surface area contributed by atoms with E-state index in [1.165, 1.54) is 25.3 Å². The Morgan fingerprint density at radius 3 is 2.08 bits per heavy atom. The summed E-state index contributed by atoms with van der Waals surface area (Å²) in [6.45, 7) is 0.397. The molecule has 1 aromatic rings. The van der Waals surface area contributed by atoms with Gasteiger partial charge in [-0.1, -0.05) is 13.0 Å². The van der Waals surface area contributed by atoms with Crippen LogP contribution >= 0.6 is 0 Å². The lowest BCUT2D eigenvalue weighted by atomic mass is 9.83. The molecule has 0 amide bonds. The number of aliphatic hydroxyl groups excluding tert-OH is 8. The second kappa shape index (κ2) is 15.9. The summed E-state index contributed by atoms with van der Waals surface area (Å²) in [6.07, 6.45) is -13.6. The van der Waals surface area contributed by atoms with Crippen LogP contribution < -0.4 is 9.47 Å². The van der Waals surface area contributed by atoms with Crippen LogP contribution in [0.1, 0.15) is 18.9 Å². The molecule has 0 bridgehead atoms. The maximum absolute atomic E-state index is 13.0. The molecule has 3 heterocycles. The van der Waals surface area contributed by atoms with Crippen molar-refractivity contribution < 1.29 is 88.7 Å². The Morgan fingerprint density at radius 1 is 0.860 bits per heavy atom. The molecule has 0 spiro atoms. The van der Waals surface area contributed by atoms with Gasteiger partial charge in [-0.25, -0.2) is 9.59 Å². The summed E-state index contributed by atoms with van der Waals surface area (Å²) in [7, 11) is 1.34. The van der Waals surface area contributed by atoms with E-state index in [2.05, 4.69) is 0 Å². The number of methoxy groups -OCH3 is 1. The number of hydrogen-bond donors (Lipinski definition) is 9. The van der Waals surface area contributed by atoms with E-state index in [0.29, 0.717) is 5.56 Å². The fourth-order valence-electron chi connectivity index (χ4n) is 6.65. The molecule has 9 N–H and O–H groups in total. The van der Waals surface area contributed by atoms with E-state index in [1.807, 2.05) is 0 Å². The molecule has 0 aromatic heterocycles. The summed E-state index contributed by atoms with van der Waals surface area (Å²) in [5, 5.41) is 89.8.